The van der Waals surface area contributed by atoms with Crippen LogP contribution in [0.2, 0.25) is 0 Å². The summed E-state index contributed by atoms with van der Waals surface area (Å²) in [4.78, 5) is 40.3. The fraction of sp³-hybridized carbons (Fsp3) is 0.250. The van der Waals surface area contributed by atoms with Gasteiger partial charge in [0.15, 0.2) is 12.1 Å². The zero-order chi connectivity index (χ0) is 25.1. The number of esters is 1. The van der Waals surface area contributed by atoms with Crippen molar-refractivity contribution in [2.45, 2.75) is 36.1 Å². The lowest BCUT2D eigenvalue weighted by Gasteiger charge is -2.53. The molecule has 184 valence electrons. The Balaban J connectivity index is 1.30. The molecule has 0 aliphatic carbocycles. The number of rotatable bonds is 7. The van der Waals surface area contributed by atoms with Gasteiger partial charge < -0.3 is 20.1 Å². The topological polar surface area (TPSA) is 95.9 Å². The van der Waals surface area contributed by atoms with E-state index in [1.165, 1.54) is 16.7 Å². The lowest BCUT2D eigenvalue weighted by atomic mass is 9.98. The van der Waals surface area contributed by atoms with Crippen molar-refractivity contribution in [3.05, 3.63) is 108 Å². The van der Waals surface area contributed by atoms with Gasteiger partial charge in [-0.1, -0.05) is 91.0 Å². The Bertz CT molecular complexity index is 1180. The van der Waals surface area contributed by atoms with Crippen LogP contribution in [0.3, 0.4) is 0 Å². The average Bonchev–Trinajstić information content (AvgIpc) is 2.91. The van der Waals surface area contributed by atoms with Crippen LogP contribution in [0, 0.1) is 0 Å². The first-order valence-corrected chi connectivity index (χ1v) is 12.8. The summed E-state index contributed by atoms with van der Waals surface area (Å²) in [6, 6.07) is 26.1. The fourth-order valence-corrected chi connectivity index (χ4v) is 5.96. The minimum Gasteiger partial charge on any atom is -0.451 e. The highest BCUT2D eigenvalue weighted by molar-refractivity contribution is 8.00. The number of aliphatic hydroxyl groups excluding tert-OH is 1. The Morgan fingerprint density at radius 2 is 1.50 bits per heavy atom. The van der Waals surface area contributed by atoms with Gasteiger partial charge in [-0.2, -0.15) is 0 Å². The monoisotopic (exact) mass is 502 g/mol. The van der Waals surface area contributed by atoms with Gasteiger partial charge in [0.2, 0.25) is 11.8 Å². The Hall–Kier alpha value is -3.62. The van der Waals surface area contributed by atoms with Gasteiger partial charge in [-0.25, -0.2) is 4.79 Å². The molecule has 36 heavy (non-hydrogen) atoms. The fourth-order valence-electron chi connectivity index (χ4n) is 4.61. The number of carbonyl (C=O) groups excluding carboxylic acids is 3. The smallest absolute Gasteiger partial charge is 0.332 e. The molecule has 0 spiro atoms. The van der Waals surface area contributed by atoms with E-state index in [4.69, 9.17) is 4.74 Å². The van der Waals surface area contributed by atoms with E-state index >= 15 is 0 Å². The van der Waals surface area contributed by atoms with Gasteiger partial charge in [0.25, 0.3) is 0 Å². The van der Waals surface area contributed by atoms with E-state index in [0.29, 0.717) is 0 Å². The summed E-state index contributed by atoms with van der Waals surface area (Å²) >= 11 is 1.35. The van der Waals surface area contributed by atoms with Crippen LogP contribution in [-0.2, 0) is 25.5 Å². The number of thioether (sulfide) groups is 1. The minimum atomic E-state index is -1.14. The quantitative estimate of drug-likeness (QED) is 0.381. The van der Waals surface area contributed by atoms with E-state index in [2.05, 4.69) is 5.32 Å². The largest absolute Gasteiger partial charge is 0.451 e. The average molecular weight is 503 g/mol. The second kappa shape index (κ2) is 10.6. The van der Waals surface area contributed by atoms with Crippen LogP contribution in [0.15, 0.2) is 91.0 Å². The van der Waals surface area contributed by atoms with E-state index < -0.39 is 41.5 Å². The van der Waals surface area contributed by atoms with Crippen molar-refractivity contribution in [1.29, 1.82) is 0 Å². The number of nitrogens with zero attached hydrogens (tertiary/aromatic N) is 1. The molecule has 0 unspecified atom stereocenters. The summed E-state index contributed by atoms with van der Waals surface area (Å²) in [5.41, 5.74) is 2.42. The van der Waals surface area contributed by atoms with E-state index in [9.17, 15) is 19.5 Å². The Morgan fingerprint density at radius 1 is 0.944 bits per heavy atom. The number of hydrogen-bond acceptors (Lipinski definition) is 6. The van der Waals surface area contributed by atoms with Crippen molar-refractivity contribution in [2.75, 3.05) is 5.75 Å². The van der Waals surface area contributed by atoms with Gasteiger partial charge in [-0.15, -0.1) is 11.8 Å². The number of β-lactam (4-membered cyclic amide) rings is 1. The maximum absolute atomic E-state index is 13.4. The molecule has 3 aromatic rings. The molecule has 2 amide bonds. The molecule has 2 saturated heterocycles. The minimum absolute atomic E-state index is 0.159. The number of benzene rings is 3. The molecule has 4 atom stereocenters. The third-order valence-electron chi connectivity index (χ3n) is 6.39. The molecule has 8 heteroatoms. The summed E-state index contributed by atoms with van der Waals surface area (Å²) in [6.07, 6.45) is -1.60. The highest BCUT2D eigenvalue weighted by atomic mass is 32.2. The zero-order valence-corrected chi connectivity index (χ0v) is 20.2. The molecule has 2 fully saturated rings. The second-order valence-corrected chi connectivity index (χ2v) is 9.98. The van der Waals surface area contributed by atoms with Gasteiger partial charge >= 0.3 is 5.97 Å². The van der Waals surface area contributed by atoms with Gasteiger partial charge in [0.05, 0.1) is 12.5 Å². The lowest BCUT2D eigenvalue weighted by Crippen LogP contribution is -2.76. The number of fused-ring (bicyclic) bond motifs is 1. The van der Waals surface area contributed by atoms with Crippen molar-refractivity contribution in [3.63, 3.8) is 0 Å². The lowest BCUT2D eigenvalue weighted by molar-refractivity contribution is -0.173. The second-order valence-electron chi connectivity index (χ2n) is 8.83. The van der Waals surface area contributed by atoms with Crippen molar-refractivity contribution in [3.8, 4) is 0 Å². The number of aliphatic hydroxyl groups is 1. The van der Waals surface area contributed by atoms with Gasteiger partial charge in [0, 0.05) is 5.75 Å². The Morgan fingerprint density at radius 3 is 2.08 bits per heavy atom. The van der Waals surface area contributed by atoms with E-state index in [0.717, 1.165) is 16.7 Å². The number of nitrogens with one attached hydrogen (secondary N) is 1. The zero-order valence-electron chi connectivity index (χ0n) is 19.4. The van der Waals surface area contributed by atoms with E-state index in [1.54, 1.807) is 0 Å². The molecular weight excluding hydrogens is 476 g/mol. The molecule has 2 aliphatic rings. The molecule has 2 N–H and O–H groups in total. The Labute approximate surface area is 213 Å². The Kier molecular flexibility index (Phi) is 7.06. The normalized spacial score (nSPS) is 22.9. The molecule has 2 aliphatic heterocycles. The summed E-state index contributed by atoms with van der Waals surface area (Å²) in [5, 5.41) is 13.0. The number of ether oxygens (including phenoxy) is 1. The van der Waals surface area contributed by atoms with Crippen LogP contribution in [-0.4, -0.2) is 57.1 Å². The number of carbonyl (C=O) groups is 3. The first kappa shape index (κ1) is 24.1. The van der Waals surface area contributed by atoms with Crippen molar-refractivity contribution < 1.29 is 24.2 Å². The van der Waals surface area contributed by atoms with Crippen molar-refractivity contribution in [1.82, 2.24) is 10.2 Å². The standard InChI is InChI=1S/C28H26N2O5S/c31-21-17-36-27-23(29-22(32)16-18-10-4-1-5-11-18)26(33)30(27)24(21)28(34)35-25(19-12-6-2-7-13-19)20-14-8-3-9-15-20/h1-15,21,23-25,27,31H,16-17H2,(H,29,32)/t21-,23-,24+,27-/m1/s1. The van der Waals surface area contributed by atoms with Gasteiger partial charge in [-0.3, -0.25) is 9.59 Å². The third kappa shape index (κ3) is 4.87. The maximum Gasteiger partial charge on any atom is 0.332 e. The molecule has 2 heterocycles. The molecule has 7 nitrogen and oxygen atoms in total. The van der Waals surface area contributed by atoms with Crippen LogP contribution in [0.25, 0.3) is 0 Å². The molecule has 0 aromatic heterocycles. The molecule has 0 radical (unpaired) electrons. The molecular formula is C28H26N2O5S. The summed E-state index contributed by atoms with van der Waals surface area (Å²) in [7, 11) is 0. The first-order chi connectivity index (χ1) is 17.5. The van der Waals surface area contributed by atoms with Crippen molar-refractivity contribution >= 4 is 29.5 Å². The summed E-state index contributed by atoms with van der Waals surface area (Å²) < 4.78 is 5.94. The van der Waals surface area contributed by atoms with Crippen LogP contribution < -0.4 is 5.32 Å². The van der Waals surface area contributed by atoms with Gasteiger partial charge in [-0.05, 0) is 16.7 Å². The van der Waals surface area contributed by atoms with E-state index in [1.807, 2.05) is 91.0 Å². The van der Waals surface area contributed by atoms with Gasteiger partial charge in [0.1, 0.15) is 11.4 Å². The van der Waals surface area contributed by atoms with Crippen LogP contribution >= 0.6 is 11.8 Å². The maximum atomic E-state index is 13.4. The third-order valence-corrected chi connectivity index (χ3v) is 7.76. The van der Waals surface area contributed by atoms with Crippen LogP contribution in [0.5, 0.6) is 0 Å². The van der Waals surface area contributed by atoms with Crippen LogP contribution in [0.1, 0.15) is 22.8 Å². The number of hydrogen-bond donors (Lipinski definition) is 2. The summed E-state index contributed by atoms with van der Waals surface area (Å²) in [5.74, 6) is -1.09. The first-order valence-electron chi connectivity index (χ1n) is 11.8. The van der Waals surface area contributed by atoms with E-state index in [-0.39, 0.29) is 18.1 Å². The SMILES string of the molecule is O=C(Cc1ccccc1)N[C@@H]1C(=O)N2[C@@H]1SC[C@@H](O)[C@H]2C(=O)OC(c1ccccc1)c1ccccc1. The highest BCUT2D eigenvalue weighted by Gasteiger charge is 2.58. The predicted molar refractivity (Wildman–Crippen MR) is 136 cm³/mol. The molecule has 0 saturated carbocycles. The van der Waals surface area contributed by atoms with Crippen LogP contribution in [0.4, 0.5) is 0 Å². The predicted octanol–water partition coefficient (Wildman–Crippen LogP) is 2.69. The van der Waals surface area contributed by atoms with Crippen molar-refractivity contribution in [2.24, 2.45) is 0 Å². The number of amides is 2. The molecule has 5 rings (SSSR count). The molecule has 3 aromatic carbocycles. The summed E-state index contributed by atoms with van der Waals surface area (Å²) in [6.45, 7) is 0. The molecule has 0 bridgehead atoms. The highest BCUT2D eigenvalue weighted by Crippen LogP contribution is 2.39.